The Morgan fingerprint density at radius 3 is 2.68 bits per heavy atom. The topological polar surface area (TPSA) is 128 Å². The molecule has 4 fully saturated rings. The number of ether oxygens (including phenoxy) is 3. The minimum atomic E-state index is -2.05. The zero-order valence-corrected chi connectivity index (χ0v) is 24.9. The molecule has 0 amide bonds. The molecule has 1 heterocycles. The summed E-state index contributed by atoms with van der Waals surface area (Å²) in [5.41, 5.74) is 2.96. The number of rotatable bonds is 6. The van der Waals surface area contributed by atoms with Crippen molar-refractivity contribution in [2.75, 3.05) is 12.3 Å². The predicted octanol–water partition coefficient (Wildman–Crippen LogP) is 4.54. The van der Waals surface area contributed by atoms with E-state index in [-0.39, 0.29) is 18.1 Å². The van der Waals surface area contributed by atoms with Gasteiger partial charge >= 0.3 is 0 Å². The highest BCUT2D eigenvalue weighted by molar-refractivity contribution is 6.01. The number of alkyl halides is 1. The Bertz CT molecular complexity index is 1570. The summed E-state index contributed by atoms with van der Waals surface area (Å²) in [7, 11) is 0. The Balaban J connectivity index is 1.19. The Morgan fingerprint density at radius 2 is 1.93 bits per heavy atom. The highest BCUT2D eigenvalue weighted by Gasteiger charge is 2.79. The van der Waals surface area contributed by atoms with Crippen LogP contribution in [0.3, 0.4) is 0 Å². The maximum Gasteiger partial charge on any atom is 0.193 e. The quantitative estimate of drug-likeness (QED) is 0.411. The van der Waals surface area contributed by atoms with E-state index >= 15 is 4.39 Å². The van der Waals surface area contributed by atoms with E-state index in [1.54, 1.807) is 19.1 Å². The van der Waals surface area contributed by atoms with Crippen LogP contribution in [0.5, 0.6) is 5.75 Å². The lowest BCUT2D eigenvalue weighted by molar-refractivity contribution is -0.231. The number of fused-ring (bicyclic) bond motifs is 7. The maximum absolute atomic E-state index is 17.6. The van der Waals surface area contributed by atoms with Gasteiger partial charge in [-0.25, -0.2) is 4.39 Å². The number of nitrogens with two attached hydrogens (primary N) is 1. The first-order chi connectivity index (χ1) is 21.0. The van der Waals surface area contributed by atoms with Gasteiger partial charge in [-0.05, 0) is 80.5 Å². The largest absolute Gasteiger partial charge is 0.489 e. The number of benzene rings is 2. The van der Waals surface area contributed by atoms with E-state index in [0.29, 0.717) is 48.4 Å². The third kappa shape index (κ3) is 3.89. The molecular formula is C35H38FNO7. The number of hydrogen-bond donors (Lipinski definition) is 3. The van der Waals surface area contributed by atoms with Crippen molar-refractivity contribution in [3.63, 3.8) is 0 Å². The van der Waals surface area contributed by atoms with Crippen molar-refractivity contribution in [3.8, 4) is 5.75 Å². The summed E-state index contributed by atoms with van der Waals surface area (Å²) in [6.45, 7) is 3.20. The molecule has 0 radical (unpaired) electrons. The van der Waals surface area contributed by atoms with Crippen LogP contribution >= 0.6 is 0 Å². The van der Waals surface area contributed by atoms with Gasteiger partial charge in [0.25, 0.3) is 0 Å². The Kier molecular flexibility index (Phi) is 6.72. The molecule has 4 aliphatic carbocycles. The van der Waals surface area contributed by atoms with E-state index in [1.807, 2.05) is 49.4 Å². The van der Waals surface area contributed by atoms with Crippen LogP contribution in [-0.2, 0) is 25.7 Å². The number of nitrogen functional groups attached to an aromatic ring is 1. The molecule has 0 spiro atoms. The first-order valence-corrected chi connectivity index (χ1v) is 15.3. The van der Waals surface area contributed by atoms with Crippen molar-refractivity contribution in [2.24, 2.45) is 22.7 Å². The van der Waals surface area contributed by atoms with E-state index in [0.717, 1.165) is 5.56 Å². The van der Waals surface area contributed by atoms with Crippen molar-refractivity contribution in [3.05, 3.63) is 83.5 Å². The Labute approximate surface area is 255 Å². The van der Waals surface area contributed by atoms with Crippen LogP contribution in [0.2, 0.25) is 0 Å². The standard InChI is InChI=1S/C35H38FNO7/c1-32-13-12-24(39)15-22(32)8-11-26-27-16-30-35(29(41)18-38,33(27,2)17-28(40)34(26,32)36)44-31(43-30)21-4-3-5-25(14-21)42-19-20-6-9-23(37)10-7-20/h3-7,9-10,12-15,26-28,30-31,38,40H,8,11,16-19,37H2,1-2H3/t26-,27-,28-,30+,31+,32-,33-,34-,35+/m0/s1. The Hall–Kier alpha value is -3.37. The van der Waals surface area contributed by atoms with Gasteiger partial charge in [0.15, 0.2) is 29.1 Å². The number of ketones is 2. The van der Waals surface area contributed by atoms with Gasteiger partial charge in [0.1, 0.15) is 19.0 Å². The summed E-state index contributed by atoms with van der Waals surface area (Å²) >= 11 is 0. The van der Waals surface area contributed by atoms with Gasteiger partial charge in [-0.2, -0.15) is 0 Å². The highest BCUT2D eigenvalue weighted by atomic mass is 19.1. The SMILES string of the molecule is C[C@]12C=CC(=O)C=C1CC[C@H]1[C@@H]3C[C@H]4O[C@@H](c5cccc(OCc6ccc(N)cc6)c5)O[C@@]4(C(=O)CO)[C@@]3(C)C[C@H](O)[C@@]12F. The zero-order valence-electron chi connectivity index (χ0n) is 24.9. The number of anilines is 1. The van der Waals surface area contributed by atoms with Crippen LogP contribution in [0.1, 0.15) is 56.9 Å². The van der Waals surface area contributed by atoms with Crippen LogP contribution < -0.4 is 10.5 Å². The molecule has 9 heteroatoms. The van der Waals surface area contributed by atoms with Crippen molar-refractivity contribution >= 4 is 17.3 Å². The zero-order chi connectivity index (χ0) is 31.1. The first-order valence-electron chi connectivity index (χ1n) is 15.3. The normalized spacial score (nSPS) is 40.4. The van der Waals surface area contributed by atoms with Gasteiger partial charge in [0.2, 0.25) is 0 Å². The fourth-order valence-corrected chi connectivity index (χ4v) is 9.25. The van der Waals surface area contributed by atoms with Crippen molar-refractivity contribution in [1.29, 1.82) is 0 Å². The summed E-state index contributed by atoms with van der Waals surface area (Å²) in [6.07, 6.45) is 2.61. The number of allylic oxidation sites excluding steroid dienone is 4. The fraction of sp³-hybridized carbons (Fsp3) is 0.486. The Morgan fingerprint density at radius 1 is 1.16 bits per heavy atom. The smallest absolute Gasteiger partial charge is 0.193 e. The second-order valence-electron chi connectivity index (χ2n) is 13.5. The number of carbonyl (C=O) groups is 2. The molecule has 1 aliphatic heterocycles. The average Bonchev–Trinajstić information content (AvgIpc) is 3.51. The van der Waals surface area contributed by atoms with Gasteiger partial charge in [0, 0.05) is 28.0 Å². The van der Waals surface area contributed by atoms with Crippen molar-refractivity contribution < 1.29 is 38.4 Å². The van der Waals surface area contributed by atoms with E-state index in [1.165, 1.54) is 12.2 Å². The van der Waals surface area contributed by atoms with Crippen LogP contribution in [0, 0.1) is 22.7 Å². The number of aliphatic hydroxyl groups excluding tert-OH is 2. The number of aliphatic hydroxyl groups is 2. The molecule has 232 valence electrons. The molecule has 8 nitrogen and oxygen atoms in total. The van der Waals surface area contributed by atoms with Gasteiger partial charge in [-0.15, -0.1) is 0 Å². The van der Waals surface area contributed by atoms with E-state index in [4.69, 9.17) is 19.9 Å². The van der Waals surface area contributed by atoms with Crippen molar-refractivity contribution in [2.45, 2.75) is 75.9 Å². The monoisotopic (exact) mass is 603 g/mol. The number of carbonyl (C=O) groups excluding carboxylic acids is 2. The second-order valence-corrected chi connectivity index (χ2v) is 13.5. The predicted molar refractivity (Wildman–Crippen MR) is 159 cm³/mol. The highest BCUT2D eigenvalue weighted by Crippen LogP contribution is 2.72. The average molecular weight is 604 g/mol. The molecule has 7 rings (SSSR count). The number of hydrogen-bond acceptors (Lipinski definition) is 8. The van der Waals surface area contributed by atoms with Crippen LogP contribution in [0.15, 0.2) is 72.3 Å². The van der Waals surface area contributed by atoms with Gasteiger partial charge < -0.3 is 30.2 Å². The molecule has 0 aromatic heterocycles. The molecule has 0 unspecified atom stereocenters. The second kappa shape index (κ2) is 10.1. The third-order valence-corrected chi connectivity index (χ3v) is 11.5. The summed E-state index contributed by atoms with van der Waals surface area (Å²) in [5, 5.41) is 21.9. The van der Waals surface area contributed by atoms with Gasteiger partial charge in [0.05, 0.1) is 12.2 Å². The molecule has 9 atom stereocenters. The summed E-state index contributed by atoms with van der Waals surface area (Å²) < 4.78 is 36.7. The van der Waals surface area contributed by atoms with Gasteiger partial charge in [-0.3, -0.25) is 9.59 Å². The van der Waals surface area contributed by atoms with Crippen LogP contribution in [0.4, 0.5) is 10.1 Å². The molecule has 44 heavy (non-hydrogen) atoms. The molecule has 2 aromatic rings. The molecule has 4 N–H and O–H groups in total. The molecule has 3 saturated carbocycles. The lowest BCUT2D eigenvalue weighted by atomic mass is 9.44. The molecule has 2 aromatic carbocycles. The van der Waals surface area contributed by atoms with E-state index in [9.17, 15) is 19.8 Å². The maximum atomic E-state index is 17.6. The van der Waals surface area contributed by atoms with Crippen molar-refractivity contribution in [1.82, 2.24) is 0 Å². The molecule has 1 saturated heterocycles. The summed E-state index contributed by atoms with van der Waals surface area (Å²) in [4.78, 5) is 25.9. The fourth-order valence-electron chi connectivity index (χ4n) is 9.25. The van der Waals surface area contributed by atoms with Crippen LogP contribution in [0.25, 0.3) is 0 Å². The van der Waals surface area contributed by atoms with Crippen LogP contribution in [-0.4, -0.2) is 51.9 Å². The molecular weight excluding hydrogens is 565 g/mol. The van der Waals surface area contributed by atoms with E-state index < -0.39 is 58.9 Å². The molecule has 0 bridgehead atoms. The number of halogens is 1. The minimum absolute atomic E-state index is 0.0572. The molecule has 5 aliphatic rings. The lowest BCUT2D eigenvalue weighted by Gasteiger charge is -2.62. The lowest BCUT2D eigenvalue weighted by Crippen LogP contribution is -2.69. The van der Waals surface area contributed by atoms with E-state index in [2.05, 4.69) is 0 Å². The minimum Gasteiger partial charge on any atom is -0.489 e. The first kappa shape index (κ1) is 29.3. The number of Topliss-reactive ketones (excluding diaryl/α,β-unsaturated/α-hetero) is 1. The summed E-state index contributed by atoms with van der Waals surface area (Å²) in [5.74, 6) is -1.10. The van der Waals surface area contributed by atoms with Gasteiger partial charge in [-0.1, -0.05) is 42.8 Å². The third-order valence-electron chi connectivity index (χ3n) is 11.5. The summed E-state index contributed by atoms with van der Waals surface area (Å²) in [6, 6.07) is 14.7.